The van der Waals surface area contributed by atoms with E-state index in [1.165, 1.54) is 12.1 Å². The van der Waals surface area contributed by atoms with Crippen molar-refractivity contribution in [3.05, 3.63) is 81.0 Å². The molecule has 0 aliphatic rings. The van der Waals surface area contributed by atoms with Crippen molar-refractivity contribution in [3.8, 4) is 0 Å². The van der Waals surface area contributed by atoms with Crippen molar-refractivity contribution in [1.29, 1.82) is 0 Å². The monoisotopic (exact) mass is 306 g/mol. The van der Waals surface area contributed by atoms with Gasteiger partial charge >= 0.3 is 5.69 Å². The van der Waals surface area contributed by atoms with Crippen LogP contribution < -0.4 is 11.2 Å². The van der Waals surface area contributed by atoms with Crippen LogP contribution in [0.1, 0.15) is 16.2 Å². The second-order valence-electron chi connectivity index (χ2n) is 5.08. The molecule has 0 saturated heterocycles. The third-order valence-electron chi connectivity index (χ3n) is 3.64. The van der Waals surface area contributed by atoms with Crippen LogP contribution in [0.15, 0.2) is 58.4 Å². The first-order valence-electron chi connectivity index (χ1n) is 6.86. The van der Waals surface area contributed by atoms with Gasteiger partial charge in [-0.1, -0.05) is 6.07 Å². The predicted octanol–water partition coefficient (Wildman–Crippen LogP) is 1.10. The maximum absolute atomic E-state index is 12.7. The second kappa shape index (κ2) is 4.77. The van der Waals surface area contributed by atoms with E-state index in [-0.39, 0.29) is 17.0 Å². The van der Waals surface area contributed by atoms with Crippen LogP contribution in [0.3, 0.4) is 0 Å². The number of nitrogens with one attached hydrogen (secondary N) is 2. The van der Waals surface area contributed by atoms with E-state index in [0.29, 0.717) is 11.1 Å². The summed E-state index contributed by atoms with van der Waals surface area (Å²) in [4.78, 5) is 44.6. The Kier molecular flexibility index (Phi) is 2.74. The standard InChI is InChI=1S/C16H10N4O3/c21-13(14-17-8-10-3-1-2-6-20(10)14)9-4-5-12-11(7-9)15(22)19-16(23)18-12/h1-8H,(H2,18,19,22,23). The Morgan fingerprint density at radius 3 is 2.83 bits per heavy atom. The number of aromatic nitrogens is 4. The average Bonchev–Trinajstić information content (AvgIpc) is 2.98. The van der Waals surface area contributed by atoms with E-state index >= 15 is 0 Å². The summed E-state index contributed by atoms with van der Waals surface area (Å²) in [5.74, 6) is -0.0375. The molecular formula is C16H10N4O3. The van der Waals surface area contributed by atoms with E-state index in [2.05, 4.69) is 15.0 Å². The molecule has 0 aliphatic heterocycles. The fourth-order valence-corrected chi connectivity index (χ4v) is 2.55. The lowest BCUT2D eigenvalue weighted by molar-refractivity contribution is 0.102. The van der Waals surface area contributed by atoms with Crippen molar-refractivity contribution in [3.63, 3.8) is 0 Å². The number of imidazole rings is 1. The Balaban J connectivity index is 1.90. The smallest absolute Gasteiger partial charge is 0.307 e. The zero-order chi connectivity index (χ0) is 16.0. The Bertz CT molecular complexity index is 1180. The van der Waals surface area contributed by atoms with Gasteiger partial charge in [0.1, 0.15) is 0 Å². The van der Waals surface area contributed by atoms with Gasteiger partial charge in [0.05, 0.1) is 22.6 Å². The normalized spacial score (nSPS) is 11.1. The Labute approximate surface area is 128 Å². The molecule has 3 aromatic heterocycles. The Hall–Kier alpha value is -3.48. The van der Waals surface area contributed by atoms with Crippen LogP contribution in [0.25, 0.3) is 16.4 Å². The highest BCUT2D eigenvalue weighted by atomic mass is 16.2. The summed E-state index contributed by atoms with van der Waals surface area (Å²) in [6, 6.07) is 10.1. The number of benzene rings is 1. The SMILES string of the molecule is O=C(c1ccc2[nH]c(=O)[nH]c(=O)c2c1)c1ncc2ccccn12. The maximum Gasteiger partial charge on any atom is 0.326 e. The van der Waals surface area contributed by atoms with E-state index in [4.69, 9.17) is 0 Å². The summed E-state index contributed by atoms with van der Waals surface area (Å²) in [5, 5.41) is 0.247. The molecule has 0 fully saturated rings. The molecular weight excluding hydrogens is 296 g/mol. The number of H-pyrrole nitrogens is 2. The molecule has 0 radical (unpaired) electrons. The maximum atomic E-state index is 12.7. The van der Waals surface area contributed by atoms with Gasteiger partial charge in [-0.25, -0.2) is 9.78 Å². The zero-order valence-electron chi connectivity index (χ0n) is 11.7. The first-order valence-corrected chi connectivity index (χ1v) is 6.86. The summed E-state index contributed by atoms with van der Waals surface area (Å²) in [7, 11) is 0. The van der Waals surface area contributed by atoms with Gasteiger partial charge in [0.15, 0.2) is 5.82 Å². The summed E-state index contributed by atoms with van der Waals surface area (Å²) < 4.78 is 1.68. The number of hydrogen-bond acceptors (Lipinski definition) is 4. The number of aromatic amines is 2. The summed E-state index contributed by atoms with van der Waals surface area (Å²) in [5.41, 5.74) is 0.390. The largest absolute Gasteiger partial charge is 0.326 e. The molecule has 4 rings (SSSR count). The van der Waals surface area contributed by atoms with Crippen LogP contribution in [0.4, 0.5) is 0 Å². The molecule has 3 heterocycles. The Morgan fingerprint density at radius 2 is 1.96 bits per heavy atom. The highest BCUT2D eigenvalue weighted by Crippen LogP contribution is 2.14. The number of nitrogens with zero attached hydrogens (tertiary/aromatic N) is 2. The molecule has 112 valence electrons. The minimum absolute atomic E-state index is 0.247. The molecule has 0 bridgehead atoms. The zero-order valence-corrected chi connectivity index (χ0v) is 11.7. The van der Waals surface area contributed by atoms with Crippen LogP contribution in [0, 0.1) is 0 Å². The van der Waals surface area contributed by atoms with Gasteiger partial charge in [0.2, 0.25) is 5.78 Å². The fraction of sp³-hybridized carbons (Fsp3) is 0. The Morgan fingerprint density at radius 1 is 1.09 bits per heavy atom. The van der Waals surface area contributed by atoms with E-state index in [1.54, 1.807) is 28.9 Å². The first-order chi connectivity index (χ1) is 11.1. The van der Waals surface area contributed by atoms with E-state index < -0.39 is 11.2 Å². The van der Waals surface area contributed by atoms with Gasteiger partial charge in [-0.2, -0.15) is 0 Å². The van der Waals surface area contributed by atoms with Crippen molar-refractivity contribution in [2.75, 3.05) is 0 Å². The third-order valence-corrected chi connectivity index (χ3v) is 3.64. The number of fused-ring (bicyclic) bond motifs is 2. The minimum atomic E-state index is -0.583. The molecule has 0 amide bonds. The molecule has 0 spiro atoms. The molecule has 4 aromatic rings. The number of pyridine rings is 1. The van der Waals surface area contributed by atoms with Crippen LogP contribution in [0.2, 0.25) is 0 Å². The van der Waals surface area contributed by atoms with Crippen molar-refractivity contribution in [1.82, 2.24) is 19.4 Å². The first kappa shape index (κ1) is 13.2. The fourth-order valence-electron chi connectivity index (χ4n) is 2.55. The van der Waals surface area contributed by atoms with Crippen molar-refractivity contribution in [2.24, 2.45) is 0 Å². The molecule has 0 aliphatic carbocycles. The molecule has 7 nitrogen and oxygen atoms in total. The van der Waals surface area contributed by atoms with Gasteiger partial charge in [-0.3, -0.25) is 19.0 Å². The molecule has 1 aromatic carbocycles. The summed E-state index contributed by atoms with van der Waals surface area (Å²) in [6.07, 6.45) is 3.36. The highest BCUT2D eigenvalue weighted by molar-refractivity contribution is 6.08. The lowest BCUT2D eigenvalue weighted by Gasteiger charge is -2.02. The second-order valence-corrected chi connectivity index (χ2v) is 5.08. The lowest BCUT2D eigenvalue weighted by Crippen LogP contribution is -2.22. The molecule has 0 saturated carbocycles. The number of carbonyl (C=O) groups is 1. The van der Waals surface area contributed by atoms with Crippen LogP contribution in [-0.4, -0.2) is 25.1 Å². The molecule has 2 N–H and O–H groups in total. The average molecular weight is 306 g/mol. The number of rotatable bonds is 2. The van der Waals surface area contributed by atoms with Gasteiger partial charge in [0, 0.05) is 11.8 Å². The number of hydrogen-bond donors (Lipinski definition) is 2. The van der Waals surface area contributed by atoms with Crippen LogP contribution in [-0.2, 0) is 0 Å². The van der Waals surface area contributed by atoms with Gasteiger partial charge in [-0.05, 0) is 30.3 Å². The van der Waals surface area contributed by atoms with Gasteiger partial charge in [-0.15, -0.1) is 0 Å². The van der Waals surface area contributed by atoms with Crippen molar-refractivity contribution in [2.45, 2.75) is 0 Å². The third kappa shape index (κ3) is 2.06. The van der Waals surface area contributed by atoms with Gasteiger partial charge < -0.3 is 4.98 Å². The van der Waals surface area contributed by atoms with E-state index in [1.807, 2.05) is 12.1 Å². The predicted molar refractivity (Wildman–Crippen MR) is 83.8 cm³/mol. The minimum Gasteiger partial charge on any atom is -0.307 e. The van der Waals surface area contributed by atoms with E-state index in [9.17, 15) is 14.4 Å². The molecule has 23 heavy (non-hydrogen) atoms. The summed E-state index contributed by atoms with van der Waals surface area (Å²) in [6.45, 7) is 0. The van der Waals surface area contributed by atoms with Crippen LogP contribution in [0.5, 0.6) is 0 Å². The number of carbonyl (C=O) groups excluding carboxylic acids is 1. The molecule has 0 unspecified atom stereocenters. The van der Waals surface area contributed by atoms with Crippen molar-refractivity contribution >= 4 is 22.2 Å². The van der Waals surface area contributed by atoms with Crippen LogP contribution >= 0.6 is 0 Å². The lowest BCUT2D eigenvalue weighted by atomic mass is 10.1. The van der Waals surface area contributed by atoms with Crippen molar-refractivity contribution < 1.29 is 4.79 Å². The summed E-state index contributed by atoms with van der Waals surface area (Å²) >= 11 is 0. The van der Waals surface area contributed by atoms with E-state index in [0.717, 1.165) is 5.52 Å². The molecule has 0 atom stereocenters. The van der Waals surface area contributed by atoms with Gasteiger partial charge in [0.25, 0.3) is 5.56 Å². The highest BCUT2D eigenvalue weighted by Gasteiger charge is 2.16. The number of ketones is 1. The topological polar surface area (TPSA) is 100 Å². The molecule has 7 heteroatoms. The quantitative estimate of drug-likeness (QED) is 0.541.